The van der Waals surface area contributed by atoms with Crippen LogP contribution in [0.3, 0.4) is 0 Å². The molecule has 0 atom stereocenters. The summed E-state index contributed by atoms with van der Waals surface area (Å²) in [6.07, 6.45) is 2.62. The largest absolute Gasteiger partial charge is 0.381 e. The second kappa shape index (κ2) is 5.98. The first-order chi connectivity index (χ1) is 7.47. The van der Waals surface area contributed by atoms with Crippen LogP contribution in [0.5, 0.6) is 0 Å². The van der Waals surface area contributed by atoms with E-state index in [9.17, 15) is 8.42 Å². The summed E-state index contributed by atoms with van der Waals surface area (Å²) < 4.78 is 28.3. The minimum Gasteiger partial charge on any atom is -0.381 e. The van der Waals surface area contributed by atoms with E-state index in [1.54, 1.807) is 0 Å². The highest BCUT2D eigenvalue weighted by atomic mass is 32.2. The summed E-state index contributed by atoms with van der Waals surface area (Å²) in [5.74, 6) is 0.547. The predicted molar refractivity (Wildman–Crippen MR) is 65.4 cm³/mol. The van der Waals surface area contributed by atoms with Crippen molar-refractivity contribution in [3.05, 3.63) is 0 Å². The fourth-order valence-corrected chi connectivity index (χ4v) is 3.16. The smallest absolute Gasteiger partial charge is 0.151 e. The quantitative estimate of drug-likeness (QED) is 0.762. The Morgan fingerprint density at radius 3 is 2.44 bits per heavy atom. The predicted octanol–water partition coefficient (Wildman–Crippen LogP) is 0.970. The third-order valence-electron chi connectivity index (χ3n) is 3.08. The highest BCUT2D eigenvalue weighted by Gasteiger charge is 2.26. The molecule has 0 saturated carbocycles. The van der Waals surface area contributed by atoms with Gasteiger partial charge in [0.15, 0.2) is 9.84 Å². The normalized spacial score (nSPS) is 20.9. The SMILES string of the molecule is CCCS(=O)(=O)CCNC1(C)CCOCC1. The van der Waals surface area contributed by atoms with Crippen molar-refractivity contribution in [2.75, 3.05) is 31.3 Å². The lowest BCUT2D eigenvalue weighted by Crippen LogP contribution is -2.48. The summed E-state index contributed by atoms with van der Waals surface area (Å²) >= 11 is 0. The van der Waals surface area contributed by atoms with Crippen molar-refractivity contribution in [1.82, 2.24) is 5.32 Å². The minimum absolute atomic E-state index is 0.0555. The maximum Gasteiger partial charge on any atom is 0.151 e. The highest BCUT2D eigenvalue weighted by molar-refractivity contribution is 7.91. The second-order valence-electron chi connectivity index (χ2n) is 4.75. The lowest BCUT2D eigenvalue weighted by molar-refractivity contribution is 0.0461. The Morgan fingerprint density at radius 1 is 1.25 bits per heavy atom. The van der Waals surface area contributed by atoms with Crippen molar-refractivity contribution in [3.8, 4) is 0 Å². The van der Waals surface area contributed by atoms with Crippen molar-refractivity contribution in [3.63, 3.8) is 0 Å². The van der Waals surface area contributed by atoms with Crippen molar-refractivity contribution < 1.29 is 13.2 Å². The molecule has 0 radical (unpaired) electrons. The van der Waals surface area contributed by atoms with Gasteiger partial charge in [-0.1, -0.05) is 6.92 Å². The Hall–Kier alpha value is -0.130. The molecule has 0 spiro atoms. The number of rotatable bonds is 6. The molecule has 0 aromatic carbocycles. The van der Waals surface area contributed by atoms with Gasteiger partial charge in [-0.2, -0.15) is 0 Å². The van der Waals surface area contributed by atoms with Crippen LogP contribution in [0.15, 0.2) is 0 Å². The highest BCUT2D eigenvalue weighted by Crippen LogP contribution is 2.19. The van der Waals surface area contributed by atoms with Gasteiger partial charge in [0.05, 0.1) is 5.75 Å². The Bertz CT molecular complexity index is 294. The van der Waals surface area contributed by atoms with Gasteiger partial charge in [0.2, 0.25) is 0 Å². The summed E-state index contributed by atoms with van der Waals surface area (Å²) in [5.41, 5.74) is 0.0555. The van der Waals surface area contributed by atoms with Crippen LogP contribution in [0.25, 0.3) is 0 Å². The maximum absolute atomic E-state index is 11.5. The molecular formula is C11H23NO3S. The molecule has 0 aromatic heterocycles. The summed E-state index contributed by atoms with van der Waals surface area (Å²) in [6, 6.07) is 0. The first-order valence-electron chi connectivity index (χ1n) is 6.01. The topological polar surface area (TPSA) is 55.4 Å². The van der Waals surface area contributed by atoms with Crippen LogP contribution >= 0.6 is 0 Å². The lowest BCUT2D eigenvalue weighted by atomic mass is 9.93. The van der Waals surface area contributed by atoms with Crippen LogP contribution in [0.4, 0.5) is 0 Å². The fourth-order valence-electron chi connectivity index (χ4n) is 1.92. The third kappa shape index (κ3) is 4.80. The molecule has 0 bridgehead atoms. The second-order valence-corrected chi connectivity index (χ2v) is 7.06. The maximum atomic E-state index is 11.5. The van der Waals surface area contributed by atoms with Gasteiger partial charge in [-0.15, -0.1) is 0 Å². The number of hydrogen-bond donors (Lipinski definition) is 1. The van der Waals surface area contributed by atoms with E-state index in [1.165, 1.54) is 0 Å². The molecule has 96 valence electrons. The molecule has 0 aromatic rings. The standard InChI is InChI=1S/C11H23NO3S/c1-3-9-16(13,14)10-6-12-11(2)4-7-15-8-5-11/h12H,3-10H2,1-2H3. The fraction of sp³-hybridized carbons (Fsp3) is 1.00. The zero-order chi connectivity index (χ0) is 12.1. The Morgan fingerprint density at radius 2 is 1.88 bits per heavy atom. The minimum atomic E-state index is -2.85. The van der Waals surface area contributed by atoms with Crippen LogP contribution in [-0.2, 0) is 14.6 Å². The molecule has 4 nitrogen and oxygen atoms in total. The van der Waals surface area contributed by atoms with E-state index >= 15 is 0 Å². The molecular weight excluding hydrogens is 226 g/mol. The van der Waals surface area contributed by atoms with Gasteiger partial charge in [-0.3, -0.25) is 0 Å². The van der Waals surface area contributed by atoms with Crippen LogP contribution in [0, 0.1) is 0 Å². The van der Waals surface area contributed by atoms with Gasteiger partial charge >= 0.3 is 0 Å². The van der Waals surface area contributed by atoms with E-state index in [0.29, 0.717) is 18.7 Å². The summed E-state index contributed by atoms with van der Waals surface area (Å²) in [6.45, 7) is 6.13. The van der Waals surface area contributed by atoms with Crippen LogP contribution in [-0.4, -0.2) is 45.2 Å². The zero-order valence-corrected chi connectivity index (χ0v) is 11.1. The van der Waals surface area contributed by atoms with Gasteiger partial charge in [-0.05, 0) is 26.2 Å². The Kier molecular flexibility index (Phi) is 5.21. The molecule has 0 aliphatic carbocycles. The van der Waals surface area contributed by atoms with Crippen LogP contribution in [0.2, 0.25) is 0 Å². The lowest BCUT2D eigenvalue weighted by Gasteiger charge is -2.34. The monoisotopic (exact) mass is 249 g/mol. The number of ether oxygens (including phenoxy) is 1. The van der Waals surface area contributed by atoms with E-state index in [0.717, 1.165) is 26.1 Å². The van der Waals surface area contributed by atoms with Gasteiger partial charge in [0.25, 0.3) is 0 Å². The summed E-state index contributed by atoms with van der Waals surface area (Å²) in [7, 11) is -2.85. The molecule has 0 amide bonds. The van der Waals surface area contributed by atoms with E-state index < -0.39 is 9.84 Å². The van der Waals surface area contributed by atoms with Crippen LogP contribution < -0.4 is 5.32 Å². The molecule has 1 heterocycles. The van der Waals surface area contributed by atoms with Gasteiger partial charge in [0, 0.05) is 31.1 Å². The van der Waals surface area contributed by atoms with Crippen molar-refractivity contribution in [2.45, 2.75) is 38.6 Å². The Labute approximate surface area is 98.7 Å². The molecule has 1 aliphatic heterocycles. The number of sulfone groups is 1. The molecule has 1 fully saturated rings. The molecule has 1 aliphatic rings. The molecule has 16 heavy (non-hydrogen) atoms. The van der Waals surface area contributed by atoms with Gasteiger partial charge in [0.1, 0.15) is 0 Å². The zero-order valence-electron chi connectivity index (χ0n) is 10.3. The average Bonchev–Trinajstić information content (AvgIpc) is 2.17. The Balaban J connectivity index is 2.29. The molecule has 5 heteroatoms. The summed E-state index contributed by atoms with van der Waals surface area (Å²) in [4.78, 5) is 0. The first kappa shape index (κ1) is 13.9. The van der Waals surface area contributed by atoms with Crippen molar-refractivity contribution >= 4 is 9.84 Å². The van der Waals surface area contributed by atoms with Gasteiger partial charge in [-0.25, -0.2) is 8.42 Å². The van der Waals surface area contributed by atoms with Crippen molar-refractivity contribution in [1.29, 1.82) is 0 Å². The molecule has 1 rings (SSSR count). The summed E-state index contributed by atoms with van der Waals surface area (Å²) in [5, 5.41) is 3.35. The average molecular weight is 249 g/mol. The van der Waals surface area contributed by atoms with Crippen molar-refractivity contribution in [2.24, 2.45) is 0 Å². The molecule has 1 N–H and O–H groups in total. The molecule has 0 unspecified atom stereocenters. The van der Waals surface area contributed by atoms with E-state index in [4.69, 9.17) is 4.74 Å². The van der Waals surface area contributed by atoms with E-state index in [-0.39, 0.29) is 11.3 Å². The molecule has 1 saturated heterocycles. The van der Waals surface area contributed by atoms with E-state index in [2.05, 4.69) is 12.2 Å². The van der Waals surface area contributed by atoms with Gasteiger partial charge < -0.3 is 10.1 Å². The first-order valence-corrected chi connectivity index (χ1v) is 7.83. The van der Waals surface area contributed by atoms with Crippen LogP contribution in [0.1, 0.15) is 33.1 Å². The third-order valence-corrected chi connectivity index (χ3v) is 4.93. The number of hydrogen-bond acceptors (Lipinski definition) is 4. The number of nitrogens with one attached hydrogen (secondary N) is 1. The van der Waals surface area contributed by atoms with E-state index in [1.807, 2.05) is 6.92 Å².